The number of aromatic carboxylic acids is 1. The minimum atomic E-state index is -0.954. The first-order valence-electron chi connectivity index (χ1n) is 4.56. The molecule has 0 spiro atoms. The number of hydrogen-bond acceptors (Lipinski definition) is 2. The van der Waals surface area contributed by atoms with Gasteiger partial charge in [0.1, 0.15) is 11.3 Å². The number of carboxylic acids is 1. The quantitative estimate of drug-likeness (QED) is 0.785. The predicted molar refractivity (Wildman–Crippen MR) is 59.5 cm³/mol. The predicted octanol–water partition coefficient (Wildman–Crippen LogP) is 2.04. The van der Waals surface area contributed by atoms with Crippen LogP contribution in [0.4, 0.5) is 0 Å². The van der Waals surface area contributed by atoms with E-state index in [9.17, 15) is 4.79 Å². The molecule has 0 aliphatic rings. The van der Waals surface area contributed by atoms with Crippen molar-refractivity contribution in [3.63, 3.8) is 0 Å². The second-order valence-corrected chi connectivity index (χ2v) is 3.51. The number of carboxylic acid groups (broad SMARTS) is 1. The van der Waals surface area contributed by atoms with Crippen LogP contribution in [0.15, 0.2) is 24.3 Å². The summed E-state index contributed by atoms with van der Waals surface area (Å²) >= 11 is 0. The van der Waals surface area contributed by atoms with E-state index in [1.165, 1.54) is 6.07 Å². The van der Waals surface area contributed by atoms with Gasteiger partial charge in [0.15, 0.2) is 0 Å². The van der Waals surface area contributed by atoms with Crippen molar-refractivity contribution in [2.24, 2.45) is 5.92 Å². The number of rotatable bonds is 4. The summed E-state index contributed by atoms with van der Waals surface area (Å²) in [6.45, 7) is 4.57. The Bertz CT molecular complexity index is 323. The molecule has 0 aliphatic heterocycles. The molecule has 3 nitrogen and oxygen atoms in total. The zero-order valence-corrected chi connectivity index (χ0v) is 11.4. The van der Waals surface area contributed by atoms with Crippen LogP contribution in [-0.4, -0.2) is 47.2 Å². The van der Waals surface area contributed by atoms with E-state index in [0.717, 1.165) is 0 Å². The molecule has 0 bridgehead atoms. The van der Waals surface area contributed by atoms with E-state index in [1.54, 1.807) is 18.2 Å². The molecule has 0 atom stereocenters. The fraction of sp³-hybridized carbons (Fsp3) is 0.364. The molecule has 0 unspecified atom stereocenters. The zero-order valence-electron chi connectivity index (χ0n) is 9.36. The zero-order chi connectivity index (χ0) is 10.6. The Hall–Kier alpha value is -0.510. The van der Waals surface area contributed by atoms with Crippen LogP contribution in [0.3, 0.4) is 0 Å². The molecule has 4 heteroatoms. The second-order valence-electron chi connectivity index (χ2n) is 3.51. The van der Waals surface area contributed by atoms with E-state index in [2.05, 4.69) is 0 Å². The van der Waals surface area contributed by atoms with Gasteiger partial charge in [0.05, 0.1) is 6.61 Å². The Morgan fingerprint density at radius 2 is 2.00 bits per heavy atom. The third-order valence-corrected chi connectivity index (χ3v) is 1.69. The molecule has 0 aromatic heterocycles. The SMILES string of the molecule is CC(C)COc1ccccc1C(=O)O.[Na]. The van der Waals surface area contributed by atoms with E-state index in [4.69, 9.17) is 9.84 Å². The fourth-order valence-electron chi connectivity index (χ4n) is 1.03. The maximum absolute atomic E-state index is 10.8. The van der Waals surface area contributed by atoms with Gasteiger partial charge in [0.25, 0.3) is 0 Å². The summed E-state index contributed by atoms with van der Waals surface area (Å²) in [5.74, 6) is -0.130. The maximum atomic E-state index is 10.8. The Kier molecular flexibility index (Phi) is 6.65. The number of carbonyl (C=O) groups is 1. The van der Waals surface area contributed by atoms with Gasteiger partial charge in [-0.2, -0.15) is 0 Å². The topological polar surface area (TPSA) is 46.5 Å². The van der Waals surface area contributed by atoms with Crippen LogP contribution in [0.5, 0.6) is 5.75 Å². The van der Waals surface area contributed by atoms with Gasteiger partial charge < -0.3 is 9.84 Å². The van der Waals surface area contributed by atoms with Crippen LogP contribution in [0, 0.1) is 5.92 Å². The first-order chi connectivity index (χ1) is 6.61. The molecule has 1 aromatic rings. The van der Waals surface area contributed by atoms with Crippen molar-refractivity contribution in [3.05, 3.63) is 29.8 Å². The molecular formula is C11H14NaO3. The van der Waals surface area contributed by atoms with Crippen LogP contribution in [0.25, 0.3) is 0 Å². The van der Waals surface area contributed by atoms with Gasteiger partial charge in [0.2, 0.25) is 0 Å². The Morgan fingerprint density at radius 1 is 1.40 bits per heavy atom. The molecule has 1 radical (unpaired) electrons. The van der Waals surface area contributed by atoms with Crippen molar-refractivity contribution < 1.29 is 14.6 Å². The van der Waals surface area contributed by atoms with Gasteiger partial charge in [-0.3, -0.25) is 0 Å². The maximum Gasteiger partial charge on any atom is 0.339 e. The second kappa shape index (κ2) is 6.88. The van der Waals surface area contributed by atoms with Crippen LogP contribution in [-0.2, 0) is 0 Å². The van der Waals surface area contributed by atoms with E-state index >= 15 is 0 Å². The summed E-state index contributed by atoms with van der Waals surface area (Å²) in [5, 5.41) is 8.85. The monoisotopic (exact) mass is 217 g/mol. The van der Waals surface area contributed by atoms with Gasteiger partial charge >= 0.3 is 5.97 Å². The first kappa shape index (κ1) is 14.5. The van der Waals surface area contributed by atoms with E-state index in [-0.39, 0.29) is 35.1 Å². The van der Waals surface area contributed by atoms with E-state index in [1.807, 2.05) is 13.8 Å². The van der Waals surface area contributed by atoms with Crippen molar-refractivity contribution in [3.8, 4) is 5.75 Å². The Morgan fingerprint density at radius 3 is 2.53 bits per heavy atom. The van der Waals surface area contributed by atoms with Gasteiger partial charge in [-0.05, 0) is 18.1 Å². The van der Waals surface area contributed by atoms with Crippen molar-refractivity contribution in [1.29, 1.82) is 0 Å². The molecule has 1 rings (SSSR count). The number of benzene rings is 1. The molecule has 0 saturated heterocycles. The van der Waals surface area contributed by atoms with E-state index < -0.39 is 5.97 Å². The van der Waals surface area contributed by atoms with E-state index in [0.29, 0.717) is 18.3 Å². The summed E-state index contributed by atoms with van der Waals surface area (Å²) in [4.78, 5) is 10.8. The van der Waals surface area contributed by atoms with Crippen molar-refractivity contribution >= 4 is 35.5 Å². The smallest absolute Gasteiger partial charge is 0.339 e. The summed E-state index contributed by atoms with van der Waals surface area (Å²) in [6, 6.07) is 6.66. The largest absolute Gasteiger partial charge is 0.492 e. The molecule has 77 valence electrons. The Labute approximate surface area is 112 Å². The molecule has 0 heterocycles. The third kappa shape index (κ3) is 4.69. The molecule has 1 N–H and O–H groups in total. The average Bonchev–Trinajstić information content (AvgIpc) is 2.15. The van der Waals surface area contributed by atoms with Crippen LogP contribution in [0.2, 0.25) is 0 Å². The molecule has 0 fully saturated rings. The molecule has 0 saturated carbocycles. The molecule has 15 heavy (non-hydrogen) atoms. The minimum Gasteiger partial charge on any atom is -0.492 e. The molecule has 0 amide bonds. The van der Waals surface area contributed by atoms with Gasteiger partial charge in [-0.1, -0.05) is 26.0 Å². The molecular weight excluding hydrogens is 203 g/mol. The Balaban J connectivity index is 0.00000196. The average molecular weight is 217 g/mol. The standard InChI is InChI=1S/C11H14O3.Na/c1-8(2)7-14-10-6-4-3-5-9(10)11(12)13;/h3-6,8H,7H2,1-2H3,(H,12,13);. The van der Waals surface area contributed by atoms with Crippen LogP contribution >= 0.6 is 0 Å². The summed E-state index contributed by atoms with van der Waals surface area (Å²) in [5.41, 5.74) is 0.216. The fourth-order valence-corrected chi connectivity index (χ4v) is 1.03. The molecule has 1 aromatic carbocycles. The number of ether oxygens (including phenoxy) is 1. The minimum absolute atomic E-state index is 0. The van der Waals surface area contributed by atoms with Crippen LogP contribution in [0.1, 0.15) is 24.2 Å². The number of para-hydroxylation sites is 1. The summed E-state index contributed by atoms with van der Waals surface area (Å²) < 4.78 is 5.38. The summed E-state index contributed by atoms with van der Waals surface area (Å²) in [6.07, 6.45) is 0. The molecule has 0 aliphatic carbocycles. The van der Waals surface area contributed by atoms with Crippen molar-refractivity contribution in [2.75, 3.05) is 6.61 Å². The third-order valence-electron chi connectivity index (χ3n) is 1.69. The van der Waals surface area contributed by atoms with Gasteiger partial charge in [0, 0.05) is 29.6 Å². The first-order valence-corrected chi connectivity index (χ1v) is 4.56. The van der Waals surface area contributed by atoms with Crippen molar-refractivity contribution in [1.82, 2.24) is 0 Å². The normalized spacial score (nSPS) is 9.53. The summed E-state index contributed by atoms with van der Waals surface area (Å²) in [7, 11) is 0. The van der Waals surface area contributed by atoms with Crippen molar-refractivity contribution in [2.45, 2.75) is 13.8 Å². The number of hydrogen-bond donors (Lipinski definition) is 1. The van der Waals surface area contributed by atoms with Crippen LogP contribution < -0.4 is 4.74 Å². The van der Waals surface area contributed by atoms with Gasteiger partial charge in [-0.25, -0.2) is 4.79 Å². The van der Waals surface area contributed by atoms with Gasteiger partial charge in [-0.15, -0.1) is 0 Å².